The van der Waals surface area contributed by atoms with Crippen LogP contribution in [0.5, 0.6) is 0 Å². The van der Waals surface area contributed by atoms with Gasteiger partial charge in [0.25, 0.3) is 5.91 Å². The first kappa shape index (κ1) is 17.9. The van der Waals surface area contributed by atoms with Crippen LogP contribution in [0, 0.1) is 12.8 Å². The first-order chi connectivity index (χ1) is 13.0. The molecule has 2 saturated heterocycles. The second-order valence-corrected chi connectivity index (χ2v) is 7.46. The molecular weight excluding hydrogens is 368 g/mol. The minimum atomic E-state index is -0.179. The van der Waals surface area contributed by atoms with E-state index in [-0.39, 0.29) is 17.7 Å². The van der Waals surface area contributed by atoms with E-state index in [1.807, 2.05) is 29.2 Å². The Kier molecular flexibility index (Phi) is 4.78. The molecular formula is C19H21ClN4O3. The van der Waals surface area contributed by atoms with Gasteiger partial charge in [-0.15, -0.1) is 0 Å². The highest BCUT2D eigenvalue weighted by atomic mass is 35.5. The zero-order valence-corrected chi connectivity index (χ0v) is 15.9. The molecule has 142 valence electrons. The molecule has 2 aromatic rings. The van der Waals surface area contributed by atoms with Crippen LogP contribution in [0.4, 0.5) is 5.69 Å². The third-order valence-electron chi connectivity index (χ3n) is 5.13. The summed E-state index contributed by atoms with van der Waals surface area (Å²) < 4.78 is 4.94. The Morgan fingerprint density at radius 1 is 1.11 bits per heavy atom. The fourth-order valence-electron chi connectivity index (χ4n) is 3.55. The van der Waals surface area contributed by atoms with Gasteiger partial charge in [0.15, 0.2) is 5.69 Å². The van der Waals surface area contributed by atoms with Crippen molar-refractivity contribution in [1.29, 1.82) is 0 Å². The standard InChI is InChI=1S/C19H21ClN4O3/c1-13-9-17(21-27-13)19(26)24-11-14(12-24)18(25)23-7-5-22(6-8-23)16-4-2-3-15(20)10-16/h2-4,9-10,14H,5-8,11-12H2,1H3. The zero-order chi connectivity index (χ0) is 19.0. The highest BCUT2D eigenvalue weighted by molar-refractivity contribution is 6.30. The van der Waals surface area contributed by atoms with E-state index in [0.717, 1.165) is 18.8 Å². The van der Waals surface area contributed by atoms with Crippen LogP contribution in [0.1, 0.15) is 16.2 Å². The number of nitrogens with zero attached hydrogens (tertiary/aromatic N) is 4. The van der Waals surface area contributed by atoms with E-state index in [2.05, 4.69) is 10.1 Å². The van der Waals surface area contributed by atoms with Gasteiger partial charge in [0.05, 0.1) is 5.92 Å². The molecule has 0 bridgehead atoms. The monoisotopic (exact) mass is 388 g/mol. The first-order valence-electron chi connectivity index (χ1n) is 9.03. The van der Waals surface area contributed by atoms with Crippen molar-refractivity contribution in [1.82, 2.24) is 15.0 Å². The highest BCUT2D eigenvalue weighted by Crippen LogP contribution is 2.24. The summed E-state index contributed by atoms with van der Waals surface area (Å²) in [5.74, 6) is 0.423. The topological polar surface area (TPSA) is 69.9 Å². The molecule has 4 rings (SSSR count). The molecule has 0 N–H and O–H groups in total. The molecule has 0 saturated carbocycles. The van der Waals surface area contributed by atoms with Crippen LogP contribution < -0.4 is 4.90 Å². The SMILES string of the molecule is Cc1cc(C(=O)N2CC(C(=O)N3CCN(c4cccc(Cl)c4)CC3)C2)no1. The summed E-state index contributed by atoms with van der Waals surface area (Å²) in [7, 11) is 0. The summed E-state index contributed by atoms with van der Waals surface area (Å²) in [5, 5.41) is 4.46. The lowest BCUT2D eigenvalue weighted by molar-refractivity contribution is -0.140. The molecule has 2 fully saturated rings. The van der Waals surface area contributed by atoms with E-state index >= 15 is 0 Å². The lowest BCUT2D eigenvalue weighted by atomic mass is 9.97. The van der Waals surface area contributed by atoms with Gasteiger partial charge >= 0.3 is 0 Å². The number of piperazine rings is 1. The summed E-state index contributed by atoms with van der Waals surface area (Å²) in [6.45, 7) is 5.54. The number of likely N-dealkylation sites (tertiary alicyclic amines) is 1. The molecule has 8 heteroatoms. The maximum absolute atomic E-state index is 12.7. The van der Waals surface area contributed by atoms with Crippen molar-refractivity contribution in [3.8, 4) is 0 Å². The van der Waals surface area contributed by atoms with Gasteiger partial charge in [0.1, 0.15) is 5.76 Å². The third kappa shape index (κ3) is 3.64. The summed E-state index contributed by atoms with van der Waals surface area (Å²) in [4.78, 5) is 30.7. The Morgan fingerprint density at radius 3 is 2.48 bits per heavy atom. The van der Waals surface area contributed by atoms with Gasteiger partial charge in [-0.25, -0.2) is 0 Å². The molecule has 0 unspecified atom stereocenters. The average Bonchev–Trinajstić information content (AvgIpc) is 3.07. The van der Waals surface area contributed by atoms with E-state index in [9.17, 15) is 9.59 Å². The number of carbonyl (C=O) groups is 2. The largest absolute Gasteiger partial charge is 0.368 e. The number of hydrogen-bond donors (Lipinski definition) is 0. The molecule has 2 amide bonds. The fraction of sp³-hybridized carbons (Fsp3) is 0.421. The third-order valence-corrected chi connectivity index (χ3v) is 5.36. The Labute approximate surface area is 162 Å². The number of halogens is 1. The number of amides is 2. The number of anilines is 1. The first-order valence-corrected chi connectivity index (χ1v) is 9.41. The predicted molar refractivity (Wildman–Crippen MR) is 101 cm³/mol. The molecule has 2 aliphatic heterocycles. The van der Waals surface area contributed by atoms with E-state index in [0.29, 0.717) is 42.7 Å². The van der Waals surface area contributed by atoms with E-state index < -0.39 is 0 Å². The maximum atomic E-state index is 12.7. The van der Waals surface area contributed by atoms with Crippen LogP contribution in [-0.2, 0) is 4.79 Å². The fourth-order valence-corrected chi connectivity index (χ4v) is 3.73. The van der Waals surface area contributed by atoms with Crippen molar-refractivity contribution < 1.29 is 14.1 Å². The molecule has 2 aliphatic rings. The summed E-state index contributed by atoms with van der Waals surface area (Å²) in [5.41, 5.74) is 1.38. The van der Waals surface area contributed by atoms with Crippen molar-refractivity contribution in [2.75, 3.05) is 44.2 Å². The number of hydrogen-bond acceptors (Lipinski definition) is 5. The smallest absolute Gasteiger partial charge is 0.276 e. The molecule has 7 nitrogen and oxygen atoms in total. The number of aryl methyl sites for hydroxylation is 1. The molecule has 0 atom stereocenters. The Morgan fingerprint density at radius 2 is 1.85 bits per heavy atom. The van der Waals surface area contributed by atoms with Crippen LogP contribution in [0.25, 0.3) is 0 Å². The molecule has 0 radical (unpaired) electrons. The Hall–Kier alpha value is -2.54. The second kappa shape index (κ2) is 7.23. The van der Waals surface area contributed by atoms with Crippen molar-refractivity contribution >= 4 is 29.1 Å². The number of benzene rings is 1. The van der Waals surface area contributed by atoms with E-state index in [4.69, 9.17) is 16.1 Å². The van der Waals surface area contributed by atoms with Crippen molar-refractivity contribution in [2.24, 2.45) is 5.92 Å². The lowest BCUT2D eigenvalue weighted by Gasteiger charge is -2.43. The van der Waals surface area contributed by atoms with Crippen LogP contribution >= 0.6 is 11.6 Å². The number of rotatable bonds is 3. The maximum Gasteiger partial charge on any atom is 0.276 e. The molecule has 27 heavy (non-hydrogen) atoms. The second-order valence-electron chi connectivity index (χ2n) is 7.02. The predicted octanol–water partition coefficient (Wildman–Crippen LogP) is 2.06. The zero-order valence-electron chi connectivity index (χ0n) is 15.1. The molecule has 3 heterocycles. The number of aromatic nitrogens is 1. The van der Waals surface area contributed by atoms with Crippen LogP contribution in [0.3, 0.4) is 0 Å². The van der Waals surface area contributed by atoms with E-state index in [1.54, 1.807) is 17.9 Å². The molecule has 1 aromatic heterocycles. The quantitative estimate of drug-likeness (QED) is 0.805. The van der Waals surface area contributed by atoms with Crippen molar-refractivity contribution in [3.63, 3.8) is 0 Å². The lowest BCUT2D eigenvalue weighted by Crippen LogP contribution is -2.59. The van der Waals surface area contributed by atoms with Crippen LogP contribution in [-0.4, -0.2) is 66.0 Å². The molecule has 1 aromatic carbocycles. The van der Waals surface area contributed by atoms with Gasteiger partial charge in [-0.3, -0.25) is 9.59 Å². The van der Waals surface area contributed by atoms with Crippen LogP contribution in [0.2, 0.25) is 5.02 Å². The van der Waals surface area contributed by atoms with Gasteiger partial charge in [0.2, 0.25) is 5.91 Å². The van der Waals surface area contributed by atoms with Gasteiger partial charge in [-0.1, -0.05) is 22.8 Å². The summed E-state index contributed by atoms with van der Waals surface area (Å²) >= 11 is 6.06. The average molecular weight is 389 g/mol. The van der Waals surface area contributed by atoms with Crippen LogP contribution in [0.15, 0.2) is 34.9 Å². The van der Waals surface area contributed by atoms with Gasteiger partial charge in [-0.05, 0) is 25.1 Å². The van der Waals surface area contributed by atoms with Crippen molar-refractivity contribution in [2.45, 2.75) is 6.92 Å². The normalized spacial score (nSPS) is 17.8. The Bertz CT molecular complexity index is 854. The summed E-state index contributed by atoms with van der Waals surface area (Å²) in [6, 6.07) is 9.39. The molecule has 0 aliphatic carbocycles. The Balaban J connectivity index is 1.27. The van der Waals surface area contributed by atoms with Gasteiger partial charge < -0.3 is 19.2 Å². The minimum Gasteiger partial charge on any atom is -0.368 e. The van der Waals surface area contributed by atoms with Crippen molar-refractivity contribution in [3.05, 3.63) is 46.8 Å². The number of carbonyl (C=O) groups excluding carboxylic acids is 2. The summed E-state index contributed by atoms with van der Waals surface area (Å²) in [6.07, 6.45) is 0. The van der Waals surface area contributed by atoms with Gasteiger partial charge in [-0.2, -0.15) is 0 Å². The van der Waals surface area contributed by atoms with Gasteiger partial charge in [0, 0.05) is 56.0 Å². The highest BCUT2D eigenvalue weighted by Gasteiger charge is 2.39. The minimum absolute atomic E-state index is 0.125. The van der Waals surface area contributed by atoms with E-state index in [1.165, 1.54) is 0 Å². The molecule has 0 spiro atoms.